The van der Waals surface area contributed by atoms with E-state index in [9.17, 15) is 13.0 Å². The van der Waals surface area contributed by atoms with Gasteiger partial charge in [-0.25, -0.2) is 8.78 Å². The molecule has 0 saturated carbocycles. The highest BCUT2D eigenvalue weighted by Crippen LogP contribution is 2.18. The van der Waals surface area contributed by atoms with Crippen LogP contribution in [0.3, 0.4) is 0 Å². The van der Waals surface area contributed by atoms with Gasteiger partial charge in [0.15, 0.2) is 11.6 Å². The summed E-state index contributed by atoms with van der Waals surface area (Å²) in [7, 11) is 0.376. The van der Waals surface area contributed by atoms with E-state index >= 15 is 0 Å². The molecule has 0 aromatic heterocycles. The van der Waals surface area contributed by atoms with E-state index in [1.807, 2.05) is 30.3 Å². The SMILES string of the molecule is CNC(CS(=O)c1ccc(F)c(F)c1)c1ccccc1. The van der Waals surface area contributed by atoms with Gasteiger partial charge < -0.3 is 5.32 Å². The molecule has 2 nitrogen and oxygen atoms in total. The Balaban J connectivity index is 2.15. The zero-order valence-electron chi connectivity index (χ0n) is 11.0. The van der Waals surface area contributed by atoms with Crippen LogP contribution in [-0.4, -0.2) is 17.0 Å². The molecule has 2 atom stereocenters. The maximum Gasteiger partial charge on any atom is 0.160 e. The van der Waals surface area contributed by atoms with E-state index in [-0.39, 0.29) is 6.04 Å². The van der Waals surface area contributed by atoms with Gasteiger partial charge in [-0.1, -0.05) is 30.3 Å². The van der Waals surface area contributed by atoms with Gasteiger partial charge in [0, 0.05) is 16.7 Å². The molecule has 0 heterocycles. The molecule has 0 radical (unpaired) electrons. The fourth-order valence-corrected chi connectivity index (χ4v) is 3.21. The lowest BCUT2D eigenvalue weighted by atomic mass is 10.1. The van der Waals surface area contributed by atoms with Gasteiger partial charge in [-0.2, -0.15) is 0 Å². The Kier molecular flexibility index (Phi) is 4.98. The third-order valence-corrected chi connectivity index (χ3v) is 4.44. The zero-order valence-corrected chi connectivity index (χ0v) is 11.8. The lowest BCUT2D eigenvalue weighted by Gasteiger charge is -2.16. The van der Waals surface area contributed by atoms with Crippen LogP contribution >= 0.6 is 0 Å². The molecule has 0 fully saturated rings. The summed E-state index contributed by atoms with van der Waals surface area (Å²) >= 11 is 0. The molecule has 0 saturated heterocycles. The smallest absolute Gasteiger partial charge is 0.160 e. The van der Waals surface area contributed by atoms with Gasteiger partial charge in [0.25, 0.3) is 0 Å². The Morgan fingerprint density at radius 3 is 2.40 bits per heavy atom. The van der Waals surface area contributed by atoms with Crippen LogP contribution < -0.4 is 5.32 Å². The lowest BCUT2D eigenvalue weighted by Crippen LogP contribution is -2.22. The molecule has 106 valence electrons. The van der Waals surface area contributed by atoms with Gasteiger partial charge in [-0.3, -0.25) is 4.21 Å². The van der Waals surface area contributed by atoms with Crippen molar-refractivity contribution in [2.75, 3.05) is 12.8 Å². The predicted octanol–water partition coefficient (Wildman–Crippen LogP) is 3.03. The van der Waals surface area contributed by atoms with Crippen LogP contribution in [0.25, 0.3) is 0 Å². The molecular formula is C15H15F2NOS. The van der Waals surface area contributed by atoms with E-state index in [2.05, 4.69) is 5.32 Å². The second-order valence-electron chi connectivity index (χ2n) is 4.34. The second-order valence-corrected chi connectivity index (χ2v) is 5.84. The number of benzene rings is 2. The minimum absolute atomic E-state index is 0.106. The minimum atomic E-state index is -1.40. The third kappa shape index (κ3) is 3.49. The van der Waals surface area contributed by atoms with Crippen molar-refractivity contribution in [3.05, 3.63) is 65.7 Å². The number of rotatable bonds is 5. The van der Waals surface area contributed by atoms with Crippen LogP contribution in [0.4, 0.5) is 8.78 Å². The molecule has 2 unspecified atom stereocenters. The first-order valence-corrected chi connectivity index (χ1v) is 7.49. The molecule has 0 aliphatic heterocycles. The fourth-order valence-electron chi connectivity index (χ4n) is 1.90. The predicted molar refractivity (Wildman–Crippen MR) is 75.9 cm³/mol. The molecular weight excluding hydrogens is 280 g/mol. The van der Waals surface area contributed by atoms with E-state index in [0.29, 0.717) is 10.6 Å². The molecule has 0 aliphatic carbocycles. The molecule has 2 aromatic carbocycles. The van der Waals surface area contributed by atoms with E-state index in [4.69, 9.17) is 0 Å². The van der Waals surface area contributed by atoms with Crippen LogP contribution in [0.1, 0.15) is 11.6 Å². The number of hydrogen-bond donors (Lipinski definition) is 1. The monoisotopic (exact) mass is 295 g/mol. The largest absolute Gasteiger partial charge is 0.312 e. The van der Waals surface area contributed by atoms with Crippen molar-refractivity contribution >= 4 is 10.8 Å². The summed E-state index contributed by atoms with van der Waals surface area (Å²) in [5.74, 6) is -1.61. The van der Waals surface area contributed by atoms with E-state index in [1.165, 1.54) is 6.07 Å². The summed E-state index contributed by atoms with van der Waals surface area (Å²) < 4.78 is 38.3. The fraction of sp³-hybridized carbons (Fsp3) is 0.200. The topological polar surface area (TPSA) is 29.1 Å². The maximum absolute atomic E-state index is 13.2. The first-order valence-electron chi connectivity index (χ1n) is 6.17. The standard InChI is InChI=1S/C15H15F2NOS/c1-18-15(11-5-3-2-4-6-11)10-20(19)12-7-8-13(16)14(17)9-12/h2-9,15,18H,10H2,1H3. The van der Waals surface area contributed by atoms with Gasteiger partial charge in [0.05, 0.1) is 10.8 Å². The maximum atomic E-state index is 13.2. The van der Waals surface area contributed by atoms with Gasteiger partial charge in [0.2, 0.25) is 0 Å². The van der Waals surface area contributed by atoms with Crippen molar-refractivity contribution in [2.45, 2.75) is 10.9 Å². The summed E-state index contributed by atoms with van der Waals surface area (Å²) in [6.07, 6.45) is 0. The van der Waals surface area contributed by atoms with Crippen LogP contribution in [0, 0.1) is 11.6 Å². The van der Waals surface area contributed by atoms with Crippen LogP contribution in [0.5, 0.6) is 0 Å². The van der Waals surface area contributed by atoms with Gasteiger partial charge in [0.1, 0.15) is 0 Å². The van der Waals surface area contributed by atoms with Crippen LogP contribution in [0.15, 0.2) is 53.4 Å². The van der Waals surface area contributed by atoms with Crippen LogP contribution in [-0.2, 0) is 10.8 Å². The van der Waals surface area contributed by atoms with Crippen molar-refractivity contribution in [1.29, 1.82) is 0 Å². The first kappa shape index (κ1) is 14.8. The quantitative estimate of drug-likeness (QED) is 0.918. The van der Waals surface area contributed by atoms with Crippen molar-refractivity contribution in [3.8, 4) is 0 Å². The minimum Gasteiger partial charge on any atom is -0.312 e. The number of halogens is 2. The van der Waals surface area contributed by atoms with E-state index in [0.717, 1.165) is 17.7 Å². The molecule has 1 N–H and O–H groups in total. The number of hydrogen-bond acceptors (Lipinski definition) is 2. The molecule has 0 spiro atoms. The molecule has 2 rings (SSSR count). The normalized spacial score (nSPS) is 13.9. The van der Waals surface area contributed by atoms with Gasteiger partial charge in [-0.15, -0.1) is 0 Å². The zero-order chi connectivity index (χ0) is 14.5. The number of nitrogens with one attached hydrogen (secondary N) is 1. The molecule has 0 amide bonds. The molecule has 20 heavy (non-hydrogen) atoms. The Hall–Kier alpha value is -1.59. The molecule has 5 heteroatoms. The Labute approximate surface area is 119 Å². The summed E-state index contributed by atoms with van der Waals surface area (Å²) in [5, 5.41) is 3.08. The van der Waals surface area contributed by atoms with Crippen molar-refractivity contribution in [1.82, 2.24) is 5.32 Å². The molecule has 0 bridgehead atoms. The summed E-state index contributed by atoms with van der Waals surface area (Å²) in [4.78, 5) is 0.292. The summed E-state index contributed by atoms with van der Waals surface area (Å²) in [6, 6.07) is 12.8. The van der Waals surface area contributed by atoms with Crippen molar-refractivity contribution in [2.24, 2.45) is 0 Å². The van der Waals surface area contributed by atoms with Crippen molar-refractivity contribution < 1.29 is 13.0 Å². The highest BCUT2D eigenvalue weighted by Gasteiger charge is 2.15. The summed E-state index contributed by atoms with van der Waals surface area (Å²) in [6.45, 7) is 0. The first-order chi connectivity index (χ1) is 9.61. The van der Waals surface area contributed by atoms with E-state index < -0.39 is 22.4 Å². The Morgan fingerprint density at radius 1 is 1.10 bits per heavy atom. The average Bonchev–Trinajstić information content (AvgIpc) is 2.48. The highest BCUT2D eigenvalue weighted by atomic mass is 32.2. The lowest BCUT2D eigenvalue weighted by molar-refractivity contribution is 0.505. The molecule has 0 aliphatic rings. The second kappa shape index (κ2) is 6.72. The Bertz CT molecular complexity index is 604. The van der Waals surface area contributed by atoms with Gasteiger partial charge >= 0.3 is 0 Å². The third-order valence-electron chi connectivity index (χ3n) is 3.02. The van der Waals surface area contributed by atoms with Gasteiger partial charge in [-0.05, 0) is 30.8 Å². The van der Waals surface area contributed by atoms with Crippen molar-refractivity contribution in [3.63, 3.8) is 0 Å². The van der Waals surface area contributed by atoms with Crippen LogP contribution in [0.2, 0.25) is 0 Å². The average molecular weight is 295 g/mol. The van der Waals surface area contributed by atoms with E-state index in [1.54, 1.807) is 7.05 Å². The highest BCUT2D eigenvalue weighted by molar-refractivity contribution is 7.85. The summed E-state index contributed by atoms with van der Waals surface area (Å²) in [5.41, 5.74) is 1.01. The molecule has 2 aromatic rings. The Morgan fingerprint density at radius 2 is 1.80 bits per heavy atom.